The number of H-pyrrole nitrogens is 1. The average Bonchev–Trinajstić information content (AvgIpc) is 3.36. The van der Waals surface area contributed by atoms with E-state index < -0.39 is 0 Å². The summed E-state index contributed by atoms with van der Waals surface area (Å²) >= 11 is 12.2. The smallest absolute Gasteiger partial charge is 0.180 e. The second-order valence-electron chi connectivity index (χ2n) is 5.80. The lowest BCUT2D eigenvalue weighted by molar-refractivity contribution is 0.220. The van der Waals surface area contributed by atoms with E-state index in [2.05, 4.69) is 20.1 Å². The first-order chi connectivity index (χ1) is 13.6. The zero-order valence-electron chi connectivity index (χ0n) is 14.8. The van der Waals surface area contributed by atoms with Gasteiger partial charge in [-0.15, -0.1) is 0 Å². The van der Waals surface area contributed by atoms with E-state index in [1.165, 1.54) is 0 Å². The number of nitrogens with one attached hydrogen (secondary N) is 1. The summed E-state index contributed by atoms with van der Waals surface area (Å²) in [4.78, 5) is 11.7. The van der Waals surface area contributed by atoms with Crippen LogP contribution < -0.4 is 9.47 Å². The molecule has 0 unspecified atom stereocenters. The molecule has 0 radical (unpaired) electrons. The summed E-state index contributed by atoms with van der Waals surface area (Å²) in [7, 11) is 1.58. The fourth-order valence-corrected chi connectivity index (χ4v) is 3.00. The first kappa shape index (κ1) is 18.3. The number of imidazole rings is 1. The fraction of sp³-hybridized carbons (Fsp3) is 0.105. The lowest BCUT2D eigenvalue weighted by atomic mass is 10.1. The minimum Gasteiger partial charge on any atom is -0.496 e. The van der Waals surface area contributed by atoms with Crippen molar-refractivity contribution in [1.29, 1.82) is 0 Å². The maximum absolute atomic E-state index is 6.40. The number of rotatable bonds is 6. The van der Waals surface area contributed by atoms with Crippen LogP contribution in [0, 0.1) is 0 Å². The Bertz CT molecular complexity index is 1080. The van der Waals surface area contributed by atoms with Gasteiger partial charge in [0.2, 0.25) is 0 Å². The lowest BCUT2D eigenvalue weighted by Gasteiger charge is -2.11. The second-order valence-corrected chi connectivity index (χ2v) is 6.56. The van der Waals surface area contributed by atoms with Crippen LogP contribution in [0.15, 0.2) is 55.0 Å². The highest BCUT2D eigenvalue weighted by Gasteiger charge is 2.17. The normalized spacial score (nSPS) is 10.8. The van der Waals surface area contributed by atoms with E-state index in [-0.39, 0.29) is 0 Å². The van der Waals surface area contributed by atoms with Crippen LogP contribution in [0.4, 0.5) is 0 Å². The van der Waals surface area contributed by atoms with Gasteiger partial charge in [0, 0.05) is 35.8 Å². The molecule has 142 valence electrons. The maximum atomic E-state index is 6.40. The molecule has 0 spiro atoms. The van der Waals surface area contributed by atoms with Gasteiger partial charge in [-0.25, -0.2) is 14.6 Å². The summed E-state index contributed by atoms with van der Waals surface area (Å²) in [6, 6.07) is 10.8. The molecule has 3 heterocycles. The van der Waals surface area contributed by atoms with E-state index >= 15 is 0 Å². The molecule has 1 N–H and O–H groups in total. The summed E-state index contributed by atoms with van der Waals surface area (Å²) in [5.41, 5.74) is 2.08. The van der Waals surface area contributed by atoms with Crippen molar-refractivity contribution in [3.05, 3.63) is 65.3 Å². The van der Waals surface area contributed by atoms with Crippen LogP contribution >= 0.6 is 23.2 Å². The van der Waals surface area contributed by atoms with Crippen molar-refractivity contribution in [2.45, 2.75) is 6.73 Å². The van der Waals surface area contributed by atoms with Crippen molar-refractivity contribution in [3.8, 4) is 34.1 Å². The third-order valence-corrected chi connectivity index (χ3v) is 4.51. The highest BCUT2D eigenvalue weighted by atomic mass is 35.5. The van der Waals surface area contributed by atoms with Gasteiger partial charge in [0.05, 0.1) is 7.11 Å². The van der Waals surface area contributed by atoms with Gasteiger partial charge in [-0.1, -0.05) is 23.2 Å². The molecule has 0 atom stereocenters. The predicted molar refractivity (Wildman–Crippen MR) is 107 cm³/mol. The number of hydrogen-bond acceptors (Lipinski definition) is 5. The van der Waals surface area contributed by atoms with Gasteiger partial charge >= 0.3 is 0 Å². The number of ether oxygens (including phenoxy) is 2. The molecule has 28 heavy (non-hydrogen) atoms. The number of halogens is 2. The van der Waals surface area contributed by atoms with Crippen molar-refractivity contribution >= 4 is 23.2 Å². The van der Waals surface area contributed by atoms with Crippen molar-refractivity contribution in [3.63, 3.8) is 0 Å². The number of aromatic amines is 1. The molecule has 0 fully saturated rings. The van der Waals surface area contributed by atoms with Crippen LogP contribution in [0.1, 0.15) is 0 Å². The third-order valence-electron chi connectivity index (χ3n) is 4.01. The van der Waals surface area contributed by atoms with Gasteiger partial charge in [-0.2, -0.15) is 5.10 Å². The highest BCUT2D eigenvalue weighted by Crippen LogP contribution is 2.37. The Hall–Kier alpha value is -3.03. The van der Waals surface area contributed by atoms with Gasteiger partial charge in [-0.05, 0) is 30.3 Å². The molecule has 1 aromatic carbocycles. The van der Waals surface area contributed by atoms with E-state index in [0.717, 1.165) is 11.1 Å². The first-order valence-electron chi connectivity index (χ1n) is 8.30. The fourth-order valence-electron chi connectivity index (χ4n) is 2.66. The molecule has 0 saturated heterocycles. The minimum atomic E-state index is 0.298. The Morgan fingerprint density at radius 1 is 1.18 bits per heavy atom. The van der Waals surface area contributed by atoms with E-state index in [9.17, 15) is 0 Å². The third kappa shape index (κ3) is 3.81. The van der Waals surface area contributed by atoms with Crippen LogP contribution in [-0.2, 0) is 6.73 Å². The Labute approximate surface area is 170 Å². The predicted octanol–water partition coefficient (Wildman–Crippen LogP) is 4.69. The Balaban J connectivity index is 1.62. The Morgan fingerprint density at radius 2 is 2.07 bits per heavy atom. The lowest BCUT2D eigenvalue weighted by Crippen LogP contribution is -2.05. The maximum Gasteiger partial charge on any atom is 0.180 e. The Kier molecular flexibility index (Phi) is 5.18. The van der Waals surface area contributed by atoms with Gasteiger partial charge < -0.3 is 14.5 Å². The van der Waals surface area contributed by atoms with Crippen LogP contribution in [0.3, 0.4) is 0 Å². The molecule has 4 rings (SSSR count). The largest absolute Gasteiger partial charge is 0.496 e. The van der Waals surface area contributed by atoms with Gasteiger partial charge in [0.15, 0.2) is 6.73 Å². The molecule has 0 amide bonds. The van der Waals surface area contributed by atoms with Crippen molar-refractivity contribution in [2.24, 2.45) is 0 Å². The molecule has 0 aliphatic heterocycles. The molecule has 4 aromatic rings. The molecule has 0 bridgehead atoms. The molecule has 0 aliphatic carbocycles. The van der Waals surface area contributed by atoms with Crippen LogP contribution in [0.25, 0.3) is 22.6 Å². The topological polar surface area (TPSA) is 77.8 Å². The standard InChI is InChI=1S/C19H15Cl2N5O2/c1-27-15-9-13(28-11-26-8-2-7-23-26)4-5-14(15)17-18(21)25-19(24-17)12-3-6-16(20)22-10-12/h2-10H,11H2,1H3,(H,24,25). The van der Waals surface area contributed by atoms with Crippen molar-refractivity contribution in [1.82, 2.24) is 24.7 Å². The van der Waals surface area contributed by atoms with E-state index in [1.54, 1.807) is 36.3 Å². The minimum absolute atomic E-state index is 0.298. The van der Waals surface area contributed by atoms with Crippen LogP contribution in [-0.4, -0.2) is 31.8 Å². The quantitative estimate of drug-likeness (QED) is 0.462. The molecule has 3 aromatic heterocycles. The summed E-state index contributed by atoms with van der Waals surface area (Å²) in [6.07, 6.45) is 5.15. The molecule has 9 heteroatoms. The van der Waals surface area contributed by atoms with Crippen molar-refractivity contribution in [2.75, 3.05) is 7.11 Å². The zero-order valence-corrected chi connectivity index (χ0v) is 16.3. The average molecular weight is 416 g/mol. The molecule has 0 aliphatic rings. The summed E-state index contributed by atoms with van der Waals surface area (Å²) < 4.78 is 12.9. The van der Waals surface area contributed by atoms with E-state index in [0.29, 0.717) is 40.1 Å². The Morgan fingerprint density at radius 3 is 2.79 bits per heavy atom. The molecular weight excluding hydrogens is 401 g/mol. The second kappa shape index (κ2) is 7.92. The summed E-state index contributed by atoms with van der Waals surface area (Å²) in [5.74, 6) is 1.82. The highest BCUT2D eigenvalue weighted by molar-refractivity contribution is 6.32. The summed E-state index contributed by atoms with van der Waals surface area (Å²) in [6.45, 7) is 0.298. The van der Waals surface area contributed by atoms with Crippen LogP contribution in [0.5, 0.6) is 11.5 Å². The monoisotopic (exact) mass is 415 g/mol. The number of pyridine rings is 1. The number of aromatic nitrogens is 5. The number of hydrogen-bond donors (Lipinski definition) is 1. The molecule has 0 saturated carbocycles. The SMILES string of the molecule is COc1cc(OCn2cccn2)ccc1-c1nc(-c2ccc(Cl)nc2)[nH]c1Cl. The summed E-state index contributed by atoms with van der Waals surface area (Å²) in [5, 5.41) is 4.91. The van der Waals surface area contributed by atoms with Gasteiger partial charge in [0.25, 0.3) is 0 Å². The molecule has 7 nitrogen and oxygen atoms in total. The zero-order chi connectivity index (χ0) is 19.5. The van der Waals surface area contributed by atoms with Gasteiger partial charge in [0.1, 0.15) is 33.3 Å². The number of benzene rings is 1. The number of nitrogens with zero attached hydrogens (tertiary/aromatic N) is 4. The molecular formula is C19H15Cl2N5O2. The first-order valence-corrected chi connectivity index (χ1v) is 9.05. The van der Waals surface area contributed by atoms with Crippen LogP contribution in [0.2, 0.25) is 10.3 Å². The van der Waals surface area contributed by atoms with Gasteiger partial charge in [-0.3, -0.25) is 0 Å². The van der Waals surface area contributed by atoms with E-state index in [4.69, 9.17) is 32.7 Å². The number of methoxy groups -OCH3 is 1. The van der Waals surface area contributed by atoms with E-state index in [1.807, 2.05) is 30.5 Å². The van der Waals surface area contributed by atoms with Crippen molar-refractivity contribution < 1.29 is 9.47 Å².